The molecule has 0 aliphatic carbocycles. The number of hydroxylamine groups is 4. The molecule has 2 aliphatic heterocycles. The SMILES string of the molecule is CCCCOC(=O)CC(=O)OC(c1cc(C(C)(C)C)c(O)c(C(C)(C)C)c1)(C1CC(C)(C)N(OCCC)C(C)(C)C1)C1CC(C)(C)N(OCCC)C(C)(C)C1. The molecule has 316 valence electrons. The van der Waals surface area contributed by atoms with Gasteiger partial charge in [-0.2, -0.15) is 10.1 Å². The molecule has 1 aromatic rings. The fourth-order valence-corrected chi connectivity index (χ4v) is 9.95. The molecule has 0 saturated carbocycles. The normalized spacial score (nSPS) is 21.0. The summed E-state index contributed by atoms with van der Waals surface area (Å²) in [6.07, 6.45) is 5.58. The fourth-order valence-electron chi connectivity index (χ4n) is 9.95. The summed E-state index contributed by atoms with van der Waals surface area (Å²) in [6.45, 7) is 38.2. The topological polar surface area (TPSA) is 97.8 Å². The number of phenolic OH excluding ortho intramolecular Hbond substituents is 1. The molecule has 55 heavy (non-hydrogen) atoms. The van der Waals surface area contributed by atoms with E-state index in [1.807, 2.05) is 6.92 Å². The van der Waals surface area contributed by atoms with Crippen molar-refractivity contribution in [2.75, 3.05) is 19.8 Å². The monoisotopic (exact) mass is 773 g/mol. The van der Waals surface area contributed by atoms with Gasteiger partial charge in [-0.15, -0.1) is 0 Å². The zero-order chi connectivity index (χ0) is 42.0. The van der Waals surface area contributed by atoms with E-state index in [0.29, 0.717) is 38.9 Å². The summed E-state index contributed by atoms with van der Waals surface area (Å²) in [5, 5.41) is 16.4. The van der Waals surface area contributed by atoms with Crippen molar-refractivity contribution in [3.05, 3.63) is 28.8 Å². The first-order valence-electron chi connectivity index (χ1n) is 21.2. The third-order valence-electron chi connectivity index (χ3n) is 11.8. The number of hydrogen-bond donors (Lipinski definition) is 1. The van der Waals surface area contributed by atoms with E-state index >= 15 is 0 Å². The summed E-state index contributed by atoms with van der Waals surface area (Å²) in [5.74, 6) is -1.27. The van der Waals surface area contributed by atoms with Crippen LogP contribution in [-0.2, 0) is 45.2 Å². The van der Waals surface area contributed by atoms with Crippen LogP contribution in [0, 0.1) is 11.8 Å². The van der Waals surface area contributed by atoms with E-state index in [1.165, 1.54) is 0 Å². The maximum Gasteiger partial charge on any atom is 0.318 e. The Hall–Kier alpha value is -2.20. The molecule has 0 unspecified atom stereocenters. The molecule has 2 fully saturated rings. The second-order valence-electron chi connectivity index (χ2n) is 21.2. The lowest BCUT2D eigenvalue weighted by molar-refractivity contribution is -0.316. The van der Waals surface area contributed by atoms with Gasteiger partial charge < -0.3 is 14.6 Å². The third-order valence-corrected chi connectivity index (χ3v) is 11.8. The number of benzene rings is 1. The molecular weight excluding hydrogens is 693 g/mol. The zero-order valence-corrected chi connectivity index (χ0v) is 38.1. The molecular formula is C46H80N2O7. The summed E-state index contributed by atoms with van der Waals surface area (Å²) in [7, 11) is 0. The number of carbonyl (C=O) groups excluding carboxylic acids is 2. The van der Waals surface area contributed by atoms with E-state index < -0.39 is 56.9 Å². The van der Waals surface area contributed by atoms with Crippen molar-refractivity contribution < 1.29 is 33.8 Å². The minimum Gasteiger partial charge on any atom is -0.507 e. The number of esters is 2. The van der Waals surface area contributed by atoms with Crippen LogP contribution >= 0.6 is 0 Å². The minimum absolute atomic E-state index is 0.191. The molecule has 2 saturated heterocycles. The van der Waals surface area contributed by atoms with Crippen LogP contribution in [0.2, 0.25) is 0 Å². The average molecular weight is 773 g/mol. The largest absolute Gasteiger partial charge is 0.507 e. The van der Waals surface area contributed by atoms with Crippen molar-refractivity contribution in [2.45, 2.75) is 214 Å². The first-order chi connectivity index (χ1) is 25.1. The number of piperidine rings is 2. The standard InChI is InChI=1S/C46H80N2O7/c1-18-21-24-52-37(49)27-38(50)55-46(33-28-42(10,11)47(53-22-19-2)43(12,13)29-33,34-30-44(14,15)48(54-23-20-3)45(16,17)31-34)32-25-35(40(4,5)6)39(51)36(26-32)41(7,8)9/h25-26,33-34,51H,18-24,27-31H2,1-17H3. The highest BCUT2D eigenvalue weighted by Crippen LogP contribution is 2.59. The smallest absolute Gasteiger partial charge is 0.318 e. The summed E-state index contributed by atoms with van der Waals surface area (Å²) >= 11 is 0. The molecule has 3 rings (SSSR count). The molecule has 9 nitrogen and oxygen atoms in total. The van der Waals surface area contributed by atoms with E-state index in [0.717, 1.165) is 42.4 Å². The minimum atomic E-state index is -1.20. The lowest BCUT2D eigenvalue weighted by Gasteiger charge is -2.62. The molecule has 2 aliphatic rings. The lowest BCUT2D eigenvalue weighted by atomic mass is 9.57. The summed E-state index contributed by atoms with van der Waals surface area (Å²) in [4.78, 5) is 40.9. The van der Waals surface area contributed by atoms with Crippen molar-refractivity contribution >= 4 is 11.9 Å². The summed E-state index contributed by atoms with van der Waals surface area (Å²) in [6, 6.07) is 4.22. The maximum absolute atomic E-state index is 14.6. The Morgan fingerprint density at radius 1 is 0.655 bits per heavy atom. The Balaban J connectivity index is 2.50. The molecule has 9 heteroatoms. The van der Waals surface area contributed by atoms with Crippen LogP contribution in [0.4, 0.5) is 0 Å². The Bertz CT molecular complexity index is 1350. The number of phenols is 1. The summed E-state index contributed by atoms with van der Waals surface area (Å²) in [5.41, 5.74) is -1.34. The number of ether oxygens (including phenoxy) is 2. The van der Waals surface area contributed by atoms with E-state index in [4.69, 9.17) is 19.1 Å². The maximum atomic E-state index is 14.6. The average Bonchev–Trinajstić information content (AvgIpc) is 3.00. The van der Waals surface area contributed by atoms with Gasteiger partial charge in [0, 0.05) is 34.0 Å². The Kier molecular flexibility index (Phi) is 14.9. The van der Waals surface area contributed by atoms with Crippen LogP contribution in [0.1, 0.15) is 192 Å². The Morgan fingerprint density at radius 2 is 1.04 bits per heavy atom. The van der Waals surface area contributed by atoms with Gasteiger partial charge in [-0.1, -0.05) is 68.7 Å². The molecule has 1 aromatic carbocycles. The van der Waals surface area contributed by atoms with E-state index in [1.54, 1.807) is 0 Å². The van der Waals surface area contributed by atoms with E-state index in [-0.39, 0.29) is 24.2 Å². The Morgan fingerprint density at radius 3 is 1.36 bits per heavy atom. The highest BCUT2D eigenvalue weighted by Gasteiger charge is 2.62. The van der Waals surface area contributed by atoms with Crippen LogP contribution in [0.25, 0.3) is 0 Å². The quantitative estimate of drug-likeness (QED) is 0.106. The number of carbonyl (C=O) groups is 2. The molecule has 0 amide bonds. The van der Waals surface area contributed by atoms with Gasteiger partial charge in [0.05, 0.1) is 19.8 Å². The third kappa shape index (κ3) is 10.7. The molecule has 1 N–H and O–H groups in total. The van der Waals surface area contributed by atoms with Crippen molar-refractivity contribution in [1.82, 2.24) is 10.1 Å². The molecule has 0 bridgehead atoms. The van der Waals surface area contributed by atoms with Gasteiger partial charge in [0.2, 0.25) is 0 Å². The zero-order valence-electron chi connectivity index (χ0n) is 38.1. The van der Waals surface area contributed by atoms with Crippen molar-refractivity contribution in [1.29, 1.82) is 0 Å². The highest BCUT2D eigenvalue weighted by molar-refractivity contribution is 5.91. The number of hydrogen-bond acceptors (Lipinski definition) is 9. The predicted molar refractivity (Wildman–Crippen MR) is 222 cm³/mol. The van der Waals surface area contributed by atoms with Gasteiger partial charge in [-0.05, 0) is 140 Å². The highest BCUT2D eigenvalue weighted by atomic mass is 16.7. The molecule has 0 aromatic heterocycles. The number of rotatable bonds is 15. The second kappa shape index (κ2) is 17.3. The van der Waals surface area contributed by atoms with Crippen molar-refractivity contribution in [3.63, 3.8) is 0 Å². The van der Waals surface area contributed by atoms with Gasteiger partial charge in [0.15, 0.2) is 0 Å². The first kappa shape index (κ1) is 47.2. The predicted octanol–water partition coefficient (Wildman–Crippen LogP) is 10.7. The van der Waals surface area contributed by atoms with E-state index in [9.17, 15) is 14.7 Å². The van der Waals surface area contributed by atoms with Crippen LogP contribution in [0.15, 0.2) is 12.1 Å². The van der Waals surface area contributed by atoms with Gasteiger partial charge >= 0.3 is 11.9 Å². The first-order valence-corrected chi connectivity index (χ1v) is 21.2. The number of aromatic hydroxyl groups is 1. The number of nitrogens with zero attached hydrogens (tertiary/aromatic N) is 2. The van der Waals surface area contributed by atoms with Gasteiger partial charge in [-0.25, -0.2) is 0 Å². The number of unbranched alkanes of at least 4 members (excludes halogenated alkanes) is 1. The fraction of sp³-hybridized carbons (Fsp3) is 0.826. The van der Waals surface area contributed by atoms with Gasteiger partial charge in [-0.3, -0.25) is 19.3 Å². The summed E-state index contributed by atoms with van der Waals surface area (Å²) < 4.78 is 12.7. The van der Waals surface area contributed by atoms with Gasteiger partial charge in [0.25, 0.3) is 0 Å². The molecule has 2 heterocycles. The van der Waals surface area contributed by atoms with Crippen LogP contribution in [-0.4, -0.2) is 69.1 Å². The molecule has 0 radical (unpaired) electrons. The van der Waals surface area contributed by atoms with Crippen molar-refractivity contribution in [3.8, 4) is 5.75 Å². The van der Waals surface area contributed by atoms with Crippen LogP contribution in [0.3, 0.4) is 0 Å². The van der Waals surface area contributed by atoms with E-state index in [2.05, 4.69) is 133 Å². The second-order valence-corrected chi connectivity index (χ2v) is 21.2. The van der Waals surface area contributed by atoms with Crippen molar-refractivity contribution in [2.24, 2.45) is 11.8 Å². The van der Waals surface area contributed by atoms with Crippen LogP contribution in [0.5, 0.6) is 5.75 Å². The molecule has 0 atom stereocenters. The van der Waals surface area contributed by atoms with Gasteiger partial charge in [0.1, 0.15) is 17.8 Å². The molecule has 0 spiro atoms. The van der Waals surface area contributed by atoms with Crippen LogP contribution < -0.4 is 0 Å². The Labute approximate surface area is 335 Å². The lowest BCUT2D eigenvalue weighted by Crippen LogP contribution is -2.67.